The van der Waals surface area contributed by atoms with E-state index in [4.69, 9.17) is 0 Å². The summed E-state index contributed by atoms with van der Waals surface area (Å²) in [5.74, 6) is 0.350. The zero-order valence-corrected chi connectivity index (χ0v) is 10.9. The third-order valence-electron chi connectivity index (χ3n) is 3.27. The van der Waals surface area contributed by atoms with Crippen LogP contribution in [0, 0.1) is 13.8 Å². The first-order valence-corrected chi connectivity index (χ1v) is 6.16. The minimum atomic E-state index is 0.350. The van der Waals surface area contributed by atoms with Gasteiger partial charge >= 0.3 is 0 Å². The maximum Gasteiger partial charge on any atom is 0.121 e. The second kappa shape index (κ2) is 4.35. The lowest BCUT2D eigenvalue weighted by molar-refractivity contribution is 0.467. The molecule has 1 N–H and O–H groups in total. The molecule has 0 spiro atoms. The van der Waals surface area contributed by atoms with Crippen LogP contribution < -0.4 is 0 Å². The number of pyridine rings is 2. The van der Waals surface area contributed by atoms with Crippen molar-refractivity contribution in [1.82, 2.24) is 9.97 Å². The van der Waals surface area contributed by atoms with Gasteiger partial charge in [0.05, 0.1) is 11.2 Å². The molecule has 0 radical (unpaired) electrons. The first-order chi connectivity index (χ1) is 9.15. The number of phenolic OH excluding ortho intramolecular Hbond substituents is 1. The molecular formula is C16H14N2O. The first kappa shape index (κ1) is 11.7. The maximum absolute atomic E-state index is 9.82. The highest BCUT2D eigenvalue weighted by Crippen LogP contribution is 2.29. The van der Waals surface area contributed by atoms with Crippen LogP contribution in [0.1, 0.15) is 11.1 Å². The van der Waals surface area contributed by atoms with E-state index >= 15 is 0 Å². The number of benzene rings is 1. The normalized spacial score (nSPS) is 10.8. The molecule has 0 saturated heterocycles. The summed E-state index contributed by atoms with van der Waals surface area (Å²) in [6, 6.07) is 9.75. The fraction of sp³-hybridized carbons (Fsp3) is 0.125. The zero-order valence-electron chi connectivity index (χ0n) is 10.9. The smallest absolute Gasteiger partial charge is 0.121 e. The monoisotopic (exact) mass is 250 g/mol. The van der Waals surface area contributed by atoms with Crippen LogP contribution >= 0.6 is 0 Å². The number of nitrogens with zero attached hydrogens (tertiary/aromatic N) is 2. The Bertz CT molecular complexity index is 743. The minimum Gasteiger partial charge on any atom is -0.507 e. The SMILES string of the molecule is Cc1cc(-c2cc3ncccc3cn2)cc(C)c1O. The summed E-state index contributed by atoms with van der Waals surface area (Å²) >= 11 is 0. The van der Waals surface area contributed by atoms with Crippen molar-refractivity contribution in [2.24, 2.45) is 0 Å². The van der Waals surface area contributed by atoms with Gasteiger partial charge in [0.15, 0.2) is 0 Å². The van der Waals surface area contributed by atoms with Gasteiger partial charge in [-0.25, -0.2) is 0 Å². The highest BCUT2D eigenvalue weighted by Gasteiger charge is 2.07. The molecule has 94 valence electrons. The molecule has 3 aromatic rings. The molecule has 3 heteroatoms. The van der Waals surface area contributed by atoms with E-state index in [0.29, 0.717) is 5.75 Å². The summed E-state index contributed by atoms with van der Waals surface area (Å²) in [5.41, 5.74) is 4.52. The van der Waals surface area contributed by atoms with Crippen molar-refractivity contribution in [3.8, 4) is 17.0 Å². The van der Waals surface area contributed by atoms with Crippen molar-refractivity contribution in [3.63, 3.8) is 0 Å². The Morgan fingerprint density at radius 3 is 2.47 bits per heavy atom. The quantitative estimate of drug-likeness (QED) is 0.717. The van der Waals surface area contributed by atoms with Gasteiger partial charge < -0.3 is 5.11 Å². The van der Waals surface area contributed by atoms with E-state index in [2.05, 4.69) is 9.97 Å². The summed E-state index contributed by atoms with van der Waals surface area (Å²) in [7, 11) is 0. The third kappa shape index (κ3) is 2.03. The summed E-state index contributed by atoms with van der Waals surface area (Å²) in [6.45, 7) is 3.79. The molecule has 0 aliphatic carbocycles. The fourth-order valence-electron chi connectivity index (χ4n) is 2.23. The van der Waals surface area contributed by atoms with Crippen molar-refractivity contribution in [2.45, 2.75) is 13.8 Å². The summed E-state index contributed by atoms with van der Waals surface area (Å²) < 4.78 is 0. The Hall–Kier alpha value is -2.42. The van der Waals surface area contributed by atoms with Gasteiger partial charge in [0.1, 0.15) is 5.75 Å². The van der Waals surface area contributed by atoms with Crippen molar-refractivity contribution in [3.05, 3.63) is 53.9 Å². The summed E-state index contributed by atoms with van der Waals surface area (Å²) in [4.78, 5) is 8.81. The Balaban J connectivity index is 2.19. The number of aromatic hydroxyl groups is 1. The Kier molecular flexibility index (Phi) is 2.67. The highest BCUT2D eigenvalue weighted by molar-refractivity contribution is 5.81. The van der Waals surface area contributed by atoms with E-state index in [-0.39, 0.29) is 0 Å². The van der Waals surface area contributed by atoms with Gasteiger partial charge in [0.2, 0.25) is 0 Å². The number of rotatable bonds is 1. The number of phenols is 1. The second-order valence-electron chi connectivity index (χ2n) is 4.72. The fourth-order valence-corrected chi connectivity index (χ4v) is 2.23. The lowest BCUT2D eigenvalue weighted by atomic mass is 10.0. The molecule has 0 fully saturated rings. The van der Waals surface area contributed by atoms with Gasteiger partial charge in [0, 0.05) is 23.3 Å². The lowest BCUT2D eigenvalue weighted by Crippen LogP contribution is -1.89. The third-order valence-corrected chi connectivity index (χ3v) is 3.27. The van der Waals surface area contributed by atoms with Gasteiger partial charge in [-0.2, -0.15) is 0 Å². The second-order valence-corrected chi connectivity index (χ2v) is 4.72. The maximum atomic E-state index is 9.82. The number of aromatic nitrogens is 2. The van der Waals surface area contributed by atoms with Crippen LogP contribution in [0.5, 0.6) is 5.75 Å². The van der Waals surface area contributed by atoms with Crippen LogP contribution in [0.4, 0.5) is 0 Å². The lowest BCUT2D eigenvalue weighted by Gasteiger charge is -2.08. The highest BCUT2D eigenvalue weighted by atomic mass is 16.3. The van der Waals surface area contributed by atoms with Crippen LogP contribution in [-0.4, -0.2) is 15.1 Å². The predicted molar refractivity (Wildman–Crippen MR) is 76.1 cm³/mol. The molecule has 2 aromatic heterocycles. The number of hydrogen-bond acceptors (Lipinski definition) is 3. The van der Waals surface area contributed by atoms with Crippen molar-refractivity contribution in [2.75, 3.05) is 0 Å². The molecule has 0 amide bonds. The van der Waals surface area contributed by atoms with E-state index in [9.17, 15) is 5.11 Å². The van der Waals surface area contributed by atoms with Crippen molar-refractivity contribution in [1.29, 1.82) is 0 Å². The molecule has 2 heterocycles. The summed E-state index contributed by atoms with van der Waals surface area (Å²) in [6.07, 6.45) is 3.61. The summed E-state index contributed by atoms with van der Waals surface area (Å²) in [5, 5.41) is 10.8. The van der Waals surface area contributed by atoms with Crippen LogP contribution in [0.3, 0.4) is 0 Å². The van der Waals surface area contributed by atoms with Gasteiger partial charge in [-0.1, -0.05) is 0 Å². The molecular weight excluding hydrogens is 236 g/mol. The van der Waals surface area contributed by atoms with Gasteiger partial charge in [-0.3, -0.25) is 9.97 Å². The van der Waals surface area contributed by atoms with E-state index in [1.54, 1.807) is 6.20 Å². The molecule has 0 bridgehead atoms. The van der Waals surface area contributed by atoms with E-state index in [0.717, 1.165) is 33.3 Å². The molecule has 1 aromatic carbocycles. The standard InChI is InChI=1S/C16H14N2O/c1-10-6-13(7-11(2)16(10)19)15-8-14-12(9-18-15)4-3-5-17-14/h3-9,19H,1-2H3. The van der Waals surface area contributed by atoms with Crippen molar-refractivity contribution >= 4 is 10.9 Å². The van der Waals surface area contributed by atoms with Crippen molar-refractivity contribution < 1.29 is 5.11 Å². The molecule has 19 heavy (non-hydrogen) atoms. The number of hydrogen-bond donors (Lipinski definition) is 1. The van der Waals surface area contributed by atoms with E-state index in [1.165, 1.54) is 0 Å². The Morgan fingerprint density at radius 1 is 1.00 bits per heavy atom. The number of aryl methyl sites for hydroxylation is 2. The molecule has 3 rings (SSSR count). The van der Waals surface area contributed by atoms with E-state index in [1.807, 2.05) is 50.4 Å². The van der Waals surface area contributed by atoms with Crippen LogP contribution in [0.25, 0.3) is 22.2 Å². The van der Waals surface area contributed by atoms with Gasteiger partial charge in [0.25, 0.3) is 0 Å². The average molecular weight is 250 g/mol. The molecule has 0 aliphatic rings. The molecule has 0 aliphatic heterocycles. The molecule has 0 atom stereocenters. The van der Waals surface area contributed by atoms with Gasteiger partial charge in [-0.05, 0) is 55.3 Å². The van der Waals surface area contributed by atoms with Gasteiger partial charge in [-0.15, -0.1) is 0 Å². The molecule has 0 saturated carbocycles. The average Bonchev–Trinajstić information content (AvgIpc) is 2.43. The number of fused-ring (bicyclic) bond motifs is 1. The molecule has 0 unspecified atom stereocenters. The Labute approximate surface area is 111 Å². The first-order valence-electron chi connectivity index (χ1n) is 6.16. The zero-order chi connectivity index (χ0) is 13.4. The largest absolute Gasteiger partial charge is 0.507 e. The van der Waals surface area contributed by atoms with Crippen LogP contribution in [-0.2, 0) is 0 Å². The predicted octanol–water partition coefficient (Wildman–Crippen LogP) is 3.62. The minimum absolute atomic E-state index is 0.350. The van der Waals surface area contributed by atoms with Crippen LogP contribution in [0.15, 0.2) is 42.7 Å². The topological polar surface area (TPSA) is 46.0 Å². The van der Waals surface area contributed by atoms with E-state index < -0.39 is 0 Å². The van der Waals surface area contributed by atoms with Crippen LogP contribution in [0.2, 0.25) is 0 Å². The molecule has 3 nitrogen and oxygen atoms in total. The Morgan fingerprint density at radius 2 is 1.74 bits per heavy atom.